The minimum atomic E-state index is -0.768. The summed E-state index contributed by atoms with van der Waals surface area (Å²) in [5.74, 6) is 1.98. The Morgan fingerprint density at radius 3 is 2.26 bits per heavy atom. The summed E-state index contributed by atoms with van der Waals surface area (Å²) < 4.78 is 0. The first-order valence-electron chi connectivity index (χ1n) is 10.9. The van der Waals surface area contributed by atoms with Crippen molar-refractivity contribution < 1.29 is 5.11 Å². The molecule has 5 rings (SSSR count). The Hall–Kier alpha value is -1.60. The van der Waals surface area contributed by atoms with E-state index in [-0.39, 0.29) is 0 Å². The lowest BCUT2D eigenvalue weighted by atomic mass is 9.61. The van der Waals surface area contributed by atoms with Gasteiger partial charge in [0.2, 0.25) is 0 Å². The summed E-state index contributed by atoms with van der Waals surface area (Å²) in [5, 5.41) is 12.3. The zero-order chi connectivity index (χ0) is 18.9. The number of hydrogen-bond acceptors (Lipinski definition) is 1. The lowest BCUT2D eigenvalue weighted by molar-refractivity contribution is -0.0689. The third-order valence-corrected chi connectivity index (χ3v) is 7.41. The maximum Gasteiger partial charge on any atom is 0.0969 e. The topological polar surface area (TPSA) is 20.2 Å². The Bertz CT molecular complexity index is 751. The van der Waals surface area contributed by atoms with Crippen LogP contribution in [0.2, 0.25) is 0 Å². The first-order valence-corrected chi connectivity index (χ1v) is 10.9. The summed E-state index contributed by atoms with van der Waals surface area (Å²) in [4.78, 5) is 0. The Labute approximate surface area is 164 Å². The highest BCUT2D eigenvalue weighted by Gasteiger charge is 2.45. The summed E-state index contributed by atoms with van der Waals surface area (Å²) >= 11 is 0. The molecular weight excluding hydrogens is 328 g/mol. The largest absolute Gasteiger partial charge is 0.385 e. The third kappa shape index (κ3) is 3.85. The molecule has 0 aromatic heterocycles. The van der Waals surface area contributed by atoms with Gasteiger partial charge in [0.15, 0.2) is 0 Å². The monoisotopic (exact) mass is 362 g/mol. The second-order valence-corrected chi connectivity index (χ2v) is 9.22. The van der Waals surface area contributed by atoms with Crippen molar-refractivity contribution in [1.82, 2.24) is 0 Å². The van der Waals surface area contributed by atoms with E-state index >= 15 is 0 Å². The molecule has 144 valence electrons. The minimum Gasteiger partial charge on any atom is -0.385 e. The van der Waals surface area contributed by atoms with E-state index in [4.69, 9.17) is 0 Å². The van der Waals surface area contributed by atoms with Crippen LogP contribution in [0.15, 0.2) is 48.5 Å². The van der Waals surface area contributed by atoms with Gasteiger partial charge in [0, 0.05) is 6.42 Å². The minimum absolute atomic E-state index is 0.362. The zero-order valence-corrected chi connectivity index (χ0v) is 17.0. The summed E-state index contributed by atoms with van der Waals surface area (Å²) in [5.41, 5.74) is 4.14. The molecule has 2 aromatic carbocycles. The number of rotatable bonds is 4. The molecule has 1 N–H and O–H groups in total. The summed E-state index contributed by atoms with van der Waals surface area (Å²) in [6.07, 6.45) is 9.87. The lowest BCUT2D eigenvalue weighted by Gasteiger charge is -2.46. The van der Waals surface area contributed by atoms with Crippen LogP contribution >= 0.6 is 0 Å². The molecule has 3 fully saturated rings. The summed E-state index contributed by atoms with van der Waals surface area (Å²) in [6, 6.07) is 17.3. The van der Waals surface area contributed by atoms with E-state index in [0.29, 0.717) is 11.8 Å². The number of hydrogen-bond donors (Lipinski definition) is 1. The molecule has 0 spiro atoms. The predicted octanol–water partition coefficient (Wildman–Crippen LogP) is 6.34. The number of aryl methyl sites for hydroxylation is 2. The van der Waals surface area contributed by atoms with Crippen LogP contribution in [0, 0.1) is 31.6 Å². The average molecular weight is 363 g/mol. The van der Waals surface area contributed by atoms with Crippen molar-refractivity contribution in [3.8, 4) is 0 Å². The van der Waals surface area contributed by atoms with Gasteiger partial charge in [0.05, 0.1) is 5.60 Å². The molecule has 1 nitrogen and oxygen atoms in total. The fourth-order valence-corrected chi connectivity index (χ4v) is 5.87. The van der Waals surface area contributed by atoms with Gasteiger partial charge in [-0.3, -0.25) is 0 Å². The number of fused-ring (bicyclic) bond motifs is 5. The third-order valence-electron chi connectivity index (χ3n) is 7.41. The van der Waals surface area contributed by atoms with Crippen molar-refractivity contribution in [3.63, 3.8) is 0 Å². The fraction of sp³-hybridized carbons (Fsp3) is 0.538. The van der Waals surface area contributed by atoms with Gasteiger partial charge in [0.25, 0.3) is 0 Å². The summed E-state index contributed by atoms with van der Waals surface area (Å²) in [7, 11) is 0. The first-order chi connectivity index (χ1) is 13.1. The van der Waals surface area contributed by atoms with Crippen molar-refractivity contribution in [2.24, 2.45) is 17.8 Å². The summed E-state index contributed by atoms with van der Waals surface area (Å²) in [6.45, 7) is 4.29. The van der Waals surface area contributed by atoms with E-state index in [1.165, 1.54) is 55.2 Å². The van der Waals surface area contributed by atoms with Gasteiger partial charge in [0.1, 0.15) is 0 Å². The molecule has 1 heteroatoms. The smallest absolute Gasteiger partial charge is 0.0969 e. The van der Waals surface area contributed by atoms with Gasteiger partial charge in [-0.2, -0.15) is 0 Å². The van der Waals surface area contributed by atoms with Crippen molar-refractivity contribution in [2.75, 3.05) is 0 Å². The van der Waals surface area contributed by atoms with Gasteiger partial charge >= 0.3 is 0 Å². The van der Waals surface area contributed by atoms with Gasteiger partial charge in [-0.25, -0.2) is 0 Å². The predicted molar refractivity (Wildman–Crippen MR) is 113 cm³/mol. The van der Waals surface area contributed by atoms with Gasteiger partial charge < -0.3 is 5.11 Å². The molecule has 0 amide bonds. The normalized spacial score (nSPS) is 27.6. The molecule has 2 aromatic rings. The molecule has 27 heavy (non-hydrogen) atoms. The molecule has 3 aliphatic rings. The average Bonchev–Trinajstić information content (AvgIpc) is 2.64. The Balaban J connectivity index is 1.74. The highest BCUT2D eigenvalue weighted by atomic mass is 16.3. The van der Waals surface area contributed by atoms with E-state index in [0.717, 1.165) is 24.3 Å². The fourth-order valence-electron chi connectivity index (χ4n) is 5.87. The van der Waals surface area contributed by atoms with E-state index < -0.39 is 5.60 Å². The van der Waals surface area contributed by atoms with Crippen LogP contribution in [0.4, 0.5) is 0 Å². The SMILES string of the molecule is Cc1ccc(CC(O)(c2ccccc2C)C2CCCC3CCC2CC3)cc1. The van der Waals surface area contributed by atoms with Crippen LogP contribution in [-0.2, 0) is 12.0 Å². The van der Waals surface area contributed by atoms with Crippen LogP contribution in [0.1, 0.15) is 67.2 Å². The highest BCUT2D eigenvalue weighted by Crippen LogP contribution is 2.49. The van der Waals surface area contributed by atoms with Crippen LogP contribution in [-0.4, -0.2) is 5.11 Å². The van der Waals surface area contributed by atoms with E-state index in [1.807, 2.05) is 0 Å². The second-order valence-electron chi connectivity index (χ2n) is 9.22. The number of aliphatic hydroxyl groups is 1. The molecule has 2 bridgehead atoms. The van der Waals surface area contributed by atoms with Crippen LogP contribution in [0.5, 0.6) is 0 Å². The van der Waals surface area contributed by atoms with Crippen molar-refractivity contribution >= 4 is 0 Å². The van der Waals surface area contributed by atoms with Crippen LogP contribution in [0.25, 0.3) is 0 Å². The van der Waals surface area contributed by atoms with Crippen molar-refractivity contribution in [2.45, 2.75) is 70.8 Å². The molecule has 2 unspecified atom stereocenters. The number of benzene rings is 2. The van der Waals surface area contributed by atoms with Crippen LogP contribution < -0.4 is 0 Å². The quantitative estimate of drug-likeness (QED) is 0.673. The molecular formula is C26H34O. The van der Waals surface area contributed by atoms with E-state index in [2.05, 4.69) is 62.4 Å². The van der Waals surface area contributed by atoms with Crippen molar-refractivity contribution in [1.29, 1.82) is 0 Å². The Morgan fingerprint density at radius 2 is 1.56 bits per heavy atom. The Kier molecular flexibility index (Phi) is 5.41. The molecule has 3 saturated carbocycles. The van der Waals surface area contributed by atoms with Crippen LogP contribution in [0.3, 0.4) is 0 Å². The maximum absolute atomic E-state index is 12.3. The molecule has 2 atom stereocenters. The molecule has 0 aliphatic heterocycles. The lowest BCUT2D eigenvalue weighted by Crippen LogP contribution is -2.44. The molecule has 0 saturated heterocycles. The standard InChI is InChI=1S/C26H34O/c1-19-10-12-22(13-11-19)18-26(27,24-8-4-3-6-20(24)2)25-9-5-7-21-14-16-23(25)17-15-21/h3-4,6,8,10-13,21,23,25,27H,5,7,9,14-18H2,1-2H3. The van der Waals surface area contributed by atoms with E-state index in [1.54, 1.807) is 0 Å². The van der Waals surface area contributed by atoms with Gasteiger partial charge in [-0.1, -0.05) is 79.8 Å². The van der Waals surface area contributed by atoms with Gasteiger partial charge in [-0.05, 0) is 67.6 Å². The van der Waals surface area contributed by atoms with E-state index in [9.17, 15) is 5.11 Å². The highest BCUT2D eigenvalue weighted by molar-refractivity contribution is 5.35. The molecule has 0 radical (unpaired) electrons. The zero-order valence-electron chi connectivity index (χ0n) is 17.0. The first kappa shape index (κ1) is 18.7. The van der Waals surface area contributed by atoms with Crippen molar-refractivity contribution in [3.05, 3.63) is 70.8 Å². The Morgan fingerprint density at radius 1 is 0.852 bits per heavy atom. The maximum atomic E-state index is 12.3. The molecule has 3 aliphatic carbocycles. The second kappa shape index (κ2) is 7.80. The molecule has 0 heterocycles. The van der Waals surface area contributed by atoms with Gasteiger partial charge in [-0.15, -0.1) is 0 Å².